The molecular weight excluding hydrogens is 655 g/mol. The van der Waals surface area contributed by atoms with Crippen molar-refractivity contribution in [2.75, 3.05) is 31.6 Å². The van der Waals surface area contributed by atoms with Gasteiger partial charge in [0.15, 0.2) is 5.65 Å². The molecule has 1 saturated heterocycles. The molecule has 14 heteroatoms. The van der Waals surface area contributed by atoms with Crippen LogP contribution in [0.2, 0.25) is 0 Å². The number of fused-ring (bicyclic) bond motifs is 2. The quantitative estimate of drug-likeness (QED) is 0.222. The van der Waals surface area contributed by atoms with Crippen LogP contribution in [0.4, 0.5) is 15.9 Å². The Morgan fingerprint density at radius 3 is 2.55 bits per heavy atom. The van der Waals surface area contributed by atoms with Gasteiger partial charge in [-0.3, -0.25) is 14.4 Å². The highest BCUT2D eigenvalue weighted by Gasteiger charge is 2.22. The van der Waals surface area contributed by atoms with Crippen molar-refractivity contribution in [2.24, 2.45) is 0 Å². The number of morpholine rings is 1. The molecule has 5 heterocycles. The summed E-state index contributed by atoms with van der Waals surface area (Å²) in [5, 5.41) is 12.4. The van der Waals surface area contributed by atoms with Crippen LogP contribution in [0.1, 0.15) is 49.2 Å². The van der Waals surface area contributed by atoms with E-state index in [4.69, 9.17) is 9.47 Å². The molecule has 0 unspecified atom stereocenters. The number of amides is 1. The van der Waals surface area contributed by atoms with E-state index >= 15 is 4.39 Å². The van der Waals surface area contributed by atoms with Crippen molar-refractivity contribution in [2.45, 2.75) is 39.7 Å². The summed E-state index contributed by atoms with van der Waals surface area (Å²) >= 11 is 0. The number of hydrogen-bond donors (Lipinski definition) is 1. The molecule has 7 rings (SSSR count). The number of nitrogens with one attached hydrogen (secondary N) is 1. The molecule has 2 aromatic carbocycles. The predicted molar refractivity (Wildman–Crippen MR) is 188 cm³/mol. The van der Waals surface area contributed by atoms with Crippen molar-refractivity contribution in [1.29, 1.82) is 0 Å². The number of aromatic nitrogens is 6. The number of anilines is 2. The summed E-state index contributed by atoms with van der Waals surface area (Å²) in [6.45, 7) is 9.05. The zero-order chi connectivity index (χ0) is 35.9. The van der Waals surface area contributed by atoms with Gasteiger partial charge in [-0.1, -0.05) is 32.9 Å². The molecule has 1 fully saturated rings. The van der Waals surface area contributed by atoms with Gasteiger partial charge < -0.3 is 19.7 Å². The number of esters is 1. The maximum Gasteiger partial charge on any atom is 0.302 e. The molecule has 0 atom stereocenters. The minimum atomic E-state index is -0.651. The van der Waals surface area contributed by atoms with Gasteiger partial charge in [-0.15, -0.1) is 0 Å². The monoisotopic (exact) mass is 690 g/mol. The Labute approximate surface area is 291 Å². The molecule has 0 bridgehead atoms. The van der Waals surface area contributed by atoms with E-state index in [2.05, 4.69) is 25.5 Å². The highest BCUT2D eigenvalue weighted by atomic mass is 19.1. The average molecular weight is 691 g/mol. The van der Waals surface area contributed by atoms with Crippen molar-refractivity contribution >= 4 is 39.8 Å². The molecule has 0 aliphatic carbocycles. The molecule has 51 heavy (non-hydrogen) atoms. The summed E-state index contributed by atoms with van der Waals surface area (Å²) in [5.41, 5.74) is 3.28. The van der Waals surface area contributed by atoms with E-state index in [9.17, 15) is 14.4 Å². The van der Waals surface area contributed by atoms with E-state index in [1.807, 2.05) is 32.9 Å². The first-order valence-corrected chi connectivity index (χ1v) is 16.4. The maximum absolute atomic E-state index is 15.6. The molecule has 1 N–H and O–H groups in total. The molecule has 0 saturated carbocycles. The summed E-state index contributed by atoms with van der Waals surface area (Å²) in [7, 11) is 0. The van der Waals surface area contributed by atoms with Gasteiger partial charge in [0.25, 0.3) is 11.5 Å². The van der Waals surface area contributed by atoms with Crippen molar-refractivity contribution in [3.05, 3.63) is 106 Å². The Morgan fingerprint density at radius 2 is 1.82 bits per heavy atom. The SMILES string of the molecule is CC(=O)OCc1c(-c2cc(Nc3ccc(C(=O)N4CCOCC4)cn3)c3ncnn3c2)cccc1-n1ncc2cc(C(C)(C)C)cc(F)c2c1=O. The highest BCUT2D eigenvalue weighted by Crippen LogP contribution is 2.33. The molecule has 13 nitrogen and oxygen atoms in total. The number of nitrogens with zero attached hydrogens (tertiary/aromatic N) is 7. The molecule has 4 aromatic heterocycles. The van der Waals surface area contributed by atoms with Crippen LogP contribution in [0.3, 0.4) is 0 Å². The van der Waals surface area contributed by atoms with E-state index in [-0.39, 0.29) is 23.3 Å². The predicted octanol–water partition coefficient (Wildman–Crippen LogP) is 5.21. The minimum absolute atomic E-state index is 0.0949. The number of benzene rings is 2. The van der Waals surface area contributed by atoms with Gasteiger partial charge in [0.1, 0.15) is 24.6 Å². The van der Waals surface area contributed by atoms with Crippen LogP contribution < -0.4 is 10.9 Å². The standard InChI is InChI=1S/C37H35FN8O5/c1-22(47)51-20-28-27(6-5-7-31(28)46-36(49)33-24(18-41-46)14-26(16-29(33)38)37(2,3)4)25-15-30(34-40-21-42-45(34)19-25)43-32-9-8-23(17-39-32)35(48)44-10-12-50-13-11-44/h5-9,14-19,21H,10-13,20H2,1-4H3,(H,39,43). The maximum atomic E-state index is 15.6. The van der Waals surface area contributed by atoms with E-state index in [0.717, 1.165) is 10.2 Å². The van der Waals surface area contributed by atoms with Gasteiger partial charge in [0.05, 0.1) is 41.7 Å². The van der Waals surface area contributed by atoms with E-state index in [0.29, 0.717) is 76.8 Å². The number of carbonyl (C=O) groups is 2. The smallest absolute Gasteiger partial charge is 0.302 e. The lowest BCUT2D eigenvalue weighted by molar-refractivity contribution is -0.142. The van der Waals surface area contributed by atoms with Crippen LogP contribution in [0.25, 0.3) is 33.2 Å². The van der Waals surface area contributed by atoms with Crippen LogP contribution in [0.5, 0.6) is 0 Å². The number of halogens is 1. The largest absolute Gasteiger partial charge is 0.461 e. The van der Waals surface area contributed by atoms with Crippen molar-refractivity contribution in [1.82, 2.24) is 34.3 Å². The van der Waals surface area contributed by atoms with Crippen LogP contribution in [0.15, 0.2) is 78.2 Å². The first-order chi connectivity index (χ1) is 24.5. The second-order valence-corrected chi connectivity index (χ2v) is 13.2. The summed E-state index contributed by atoms with van der Waals surface area (Å²) in [6.07, 6.45) is 6.16. The van der Waals surface area contributed by atoms with Crippen molar-refractivity contribution in [3.8, 4) is 16.8 Å². The van der Waals surface area contributed by atoms with E-state index < -0.39 is 17.3 Å². The van der Waals surface area contributed by atoms with Gasteiger partial charge >= 0.3 is 5.97 Å². The Kier molecular flexibility index (Phi) is 8.77. The van der Waals surface area contributed by atoms with E-state index in [1.165, 1.54) is 31.7 Å². The first-order valence-electron chi connectivity index (χ1n) is 16.4. The highest BCUT2D eigenvalue weighted by molar-refractivity contribution is 5.94. The average Bonchev–Trinajstić information content (AvgIpc) is 3.60. The Bertz CT molecular complexity index is 2360. The second-order valence-electron chi connectivity index (χ2n) is 13.2. The number of carbonyl (C=O) groups excluding carboxylic acids is 2. The van der Waals surface area contributed by atoms with Crippen LogP contribution >= 0.6 is 0 Å². The third-order valence-electron chi connectivity index (χ3n) is 8.76. The van der Waals surface area contributed by atoms with E-state index in [1.54, 1.807) is 45.9 Å². The van der Waals surface area contributed by atoms with Gasteiger partial charge in [0.2, 0.25) is 0 Å². The lowest BCUT2D eigenvalue weighted by atomic mass is 9.86. The Morgan fingerprint density at radius 1 is 1.02 bits per heavy atom. The van der Waals surface area contributed by atoms with Crippen LogP contribution in [-0.2, 0) is 26.3 Å². The molecular formula is C37H35FN8O5. The zero-order valence-corrected chi connectivity index (χ0v) is 28.5. The third kappa shape index (κ3) is 6.65. The van der Waals surface area contributed by atoms with Crippen molar-refractivity contribution < 1.29 is 23.5 Å². The normalized spacial score (nSPS) is 13.5. The molecule has 1 aliphatic rings. The van der Waals surface area contributed by atoms with Crippen LogP contribution in [-0.4, -0.2) is 72.4 Å². The Balaban J connectivity index is 1.29. The fourth-order valence-corrected chi connectivity index (χ4v) is 6.05. The zero-order valence-electron chi connectivity index (χ0n) is 28.5. The van der Waals surface area contributed by atoms with Gasteiger partial charge in [-0.05, 0) is 52.9 Å². The lowest BCUT2D eigenvalue weighted by Crippen LogP contribution is -2.40. The fourth-order valence-electron chi connectivity index (χ4n) is 6.05. The number of ether oxygens (including phenoxy) is 2. The molecule has 260 valence electrons. The molecule has 0 radical (unpaired) electrons. The first kappa shape index (κ1) is 33.5. The Hall–Kier alpha value is -6.02. The third-order valence-corrected chi connectivity index (χ3v) is 8.76. The van der Waals surface area contributed by atoms with Gasteiger partial charge in [-0.2, -0.15) is 14.9 Å². The van der Waals surface area contributed by atoms with Crippen LogP contribution in [0, 0.1) is 5.82 Å². The molecule has 1 aliphatic heterocycles. The number of pyridine rings is 2. The topological polar surface area (TPSA) is 146 Å². The summed E-state index contributed by atoms with van der Waals surface area (Å²) in [4.78, 5) is 49.5. The summed E-state index contributed by atoms with van der Waals surface area (Å²) in [5.74, 6) is -0.813. The minimum Gasteiger partial charge on any atom is -0.461 e. The summed E-state index contributed by atoms with van der Waals surface area (Å²) < 4.78 is 29.1. The summed E-state index contributed by atoms with van der Waals surface area (Å²) in [6, 6.07) is 13.6. The lowest BCUT2D eigenvalue weighted by Gasteiger charge is -2.26. The van der Waals surface area contributed by atoms with Gasteiger partial charge in [-0.25, -0.2) is 18.9 Å². The molecule has 6 aromatic rings. The second kappa shape index (κ2) is 13.4. The fraction of sp³-hybridized carbons (Fsp3) is 0.270. The molecule has 1 amide bonds. The van der Waals surface area contributed by atoms with Crippen molar-refractivity contribution in [3.63, 3.8) is 0 Å². The number of hydrogen-bond acceptors (Lipinski definition) is 10. The number of rotatable bonds is 7. The molecule has 0 spiro atoms. The van der Waals surface area contributed by atoms with Gasteiger partial charge in [0, 0.05) is 48.9 Å².